The zero-order valence-electron chi connectivity index (χ0n) is 17.8. The molecule has 1 heterocycles. The van der Waals surface area contributed by atoms with Gasteiger partial charge in [-0.3, -0.25) is 9.59 Å². The molecule has 1 unspecified atom stereocenters. The van der Waals surface area contributed by atoms with Crippen LogP contribution in [0.5, 0.6) is 17.2 Å². The molecule has 3 rings (SSSR count). The second kappa shape index (κ2) is 10.1. The van der Waals surface area contributed by atoms with Crippen LogP contribution in [-0.4, -0.2) is 61.3 Å². The number of carbonyl (C=O) groups excluding carboxylic acids is 2. The van der Waals surface area contributed by atoms with E-state index in [1.165, 1.54) is 50.5 Å². The number of nitrogens with zero attached hydrogens (tertiary/aromatic N) is 1. The minimum absolute atomic E-state index is 0.000922. The van der Waals surface area contributed by atoms with E-state index >= 15 is 0 Å². The maximum atomic E-state index is 13.1. The number of methoxy groups -OCH3 is 3. The second-order valence-electron chi connectivity index (χ2n) is 6.98. The quantitative estimate of drug-likeness (QED) is 0.318. The van der Waals surface area contributed by atoms with E-state index in [2.05, 4.69) is 0 Å². The van der Waals surface area contributed by atoms with Crippen molar-refractivity contribution >= 4 is 52.3 Å². The number of ketones is 1. The van der Waals surface area contributed by atoms with E-state index in [1.54, 1.807) is 0 Å². The first-order chi connectivity index (χ1) is 15.7. The number of amides is 1. The van der Waals surface area contributed by atoms with Crippen molar-refractivity contribution in [3.63, 3.8) is 0 Å². The number of hydrogen-bond acceptors (Lipinski definition) is 7. The smallest absolute Gasteiger partial charge is 0.295 e. The molecule has 1 aliphatic heterocycles. The zero-order valence-corrected chi connectivity index (χ0v) is 20.1. The molecule has 0 aromatic heterocycles. The molecule has 0 aliphatic carbocycles. The number of rotatable bonds is 7. The Morgan fingerprint density at radius 2 is 1.70 bits per heavy atom. The Balaban J connectivity index is 2.30. The molecule has 176 valence electrons. The fraction of sp³-hybridized carbons (Fsp3) is 0.273. The number of hydrogen-bond donors (Lipinski definition) is 2. The van der Waals surface area contributed by atoms with E-state index in [0.29, 0.717) is 5.56 Å². The molecule has 2 aromatic carbocycles. The fourth-order valence-corrected chi connectivity index (χ4v) is 4.51. The van der Waals surface area contributed by atoms with Gasteiger partial charge in [0.1, 0.15) is 16.5 Å². The van der Waals surface area contributed by atoms with Crippen LogP contribution in [0.25, 0.3) is 5.76 Å². The fourth-order valence-electron chi connectivity index (χ4n) is 3.63. The van der Waals surface area contributed by atoms with Crippen molar-refractivity contribution in [2.75, 3.05) is 34.5 Å². The maximum absolute atomic E-state index is 13.1. The molecule has 33 heavy (non-hydrogen) atoms. The van der Waals surface area contributed by atoms with Gasteiger partial charge in [0.25, 0.3) is 11.7 Å². The summed E-state index contributed by atoms with van der Waals surface area (Å²) in [7, 11) is 4.14. The lowest BCUT2D eigenvalue weighted by molar-refractivity contribution is -0.140. The lowest BCUT2D eigenvalue weighted by atomic mass is 9.94. The average Bonchev–Trinajstić information content (AvgIpc) is 3.03. The highest BCUT2D eigenvalue weighted by Gasteiger charge is 2.46. The number of aliphatic hydroxyl groups excluding tert-OH is 1. The normalized spacial score (nSPS) is 17.5. The number of ether oxygens (including phenoxy) is 3. The van der Waals surface area contributed by atoms with Crippen LogP contribution < -0.4 is 9.47 Å². The van der Waals surface area contributed by atoms with Gasteiger partial charge >= 0.3 is 0 Å². The Morgan fingerprint density at radius 1 is 1.03 bits per heavy atom. The molecule has 2 aromatic rings. The maximum Gasteiger partial charge on any atom is 0.295 e. The van der Waals surface area contributed by atoms with Crippen molar-refractivity contribution < 1.29 is 34.0 Å². The van der Waals surface area contributed by atoms with Crippen LogP contribution in [0, 0.1) is 0 Å². The van der Waals surface area contributed by atoms with Gasteiger partial charge < -0.3 is 29.3 Å². The first kappa shape index (κ1) is 25.0. The highest BCUT2D eigenvalue weighted by atomic mass is 35.5. The molecule has 1 amide bonds. The number of carbonyl (C=O) groups is 2. The number of phenols is 1. The molecule has 1 fully saturated rings. The third-order valence-electron chi connectivity index (χ3n) is 5.16. The molecule has 0 spiro atoms. The summed E-state index contributed by atoms with van der Waals surface area (Å²) >= 11 is 18.7. The lowest BCUT2D eigenvalue weighted by Crippen LogP contribution is -2.32. The standard InChI is InChI=1S/C22H20Cl3NO7/c1-31-7-6-26-17(10-4-5-14(27)12(23)8-10)15(19(29)22(26)30)18(28)11-9-13(24)21(33-3)16(25)20(11)32-2/h4-5,8-9,17,27-28H,6-7H2,1-3H3/b18-15+. The highest BCUT2D eigenvalue weighted by Crippen LogP contribution is 2.47. The van der Waals surface area contributed by atoms with Gasteiger partial charge in [-0.1, -0.05) is 40.9 Å². The minimum atomic E-state index is -1.03. The van der Waals surface area contributed by atoms with Gasteiger partial charge in [-0.15, -0.1) is 0 Å². The van der Waals surface area contributed by atoms with Crippen LogP contribution in [0.15, 0.2) is 29.8 Å². The second-order valence-corrected chi connectivity index (χ2v) is 8.17. The van der Waals surface area contributed by atoms with Gasteiger partial charge in [0.2, 0.25) is 0 Å². The summed E-state index contributed by atoms with van der Waals surface area (Å²) in [6.07, 6.45) is 0. The molecule has 1 aliphatic rings. The van der Waals surface area contributed by atoms with Crippen molar-refractivity contribution in [3.8, 4) is 17.2 Å². The Hall–Kier alpha value is -2.65. The lowest BCUT2D eigenvalue weighted by Gasteiger charge is -2.25. The summed E-state index contributed by atoms with van der Waals surface area (Å²) in [6, 6.07) is 4.53. The van der Waals surface area contributed by atoms with Crippen LogP contribution in [0.3, 0.4) is 0 Å². The molecule has 0 bridgehead atoms. The third-order valence-corrected chi connectivity index (χ3v) is 6.09. The topological polar surface area (TPSA) is 106 Å². The number of phenolic OH excluding ortho intramolecular Hbond substituents is 1. The van der Waals surface area contributed by atoms with Gasteiger partial charge in [-0.25, -0.2) is 0 Å². The largest absolute Gasteiger partial charge is 0.507 e. The summed E-state index contributed by atoms with van der Waals surface area (Å²) in [5, 5.41) is 21.1. The number of likely N-dealkylation sites (tertiary alicyclic amines) is 1. The number of halogens is 3. The van der Waals surface area contributed by atoms with E-state index in [4.69, 9.17) is 49.0 Å². The third kappa shape index (κ3) is 4.44. The van der Waals surface area contributed by atoms with Crippen LogP contribution in [0.2, 0.25) is 15.1 Å². The average molecular weight is 517 g/mol. The zero-order chi connectivity index (χ0) is 24.4. The van der Waals surface area contributed by atoms with E-state index in [1.807, 2.05) is 0 Å². The van der Waals surface area contributed by atoms with Crippen molar-refractivity contribution in [2.45, 2.75) is 6.04 Å². The monoisotopic (exact) mass is 515 g/mol. The molecule has 1 atom stereocenters. The number of benzene rings is 2. The van der Waals surface area contributed by atoms with Gasteiger partial charge in [-0.05, 0) is 23.8 Å². The van der Waals surface area contributed by atoms with Gasteiger partial charge in [0.05, 0.1) is 48.1 Å². The number of aromatic hydroxyl groups is 1. The highest BCUT2D eigenvalue weighted by molar-refractivity contribution is 6.47. The molecule has 11 heteroatoms. The SMILES string of the molecule is COCCN1C(=O)C(=O)/C(=C(/O)c2cc(Cl)c(OC)c(Cl)c2OC)C1c1ccc(O)c(Cl)c1. The van der Waals surface area contributed by atoms with E-state index in [-0.39, 0.29) is 56.6 Å². The van der Waals surface area contributed by atoms with Crippen molar-refractivity contribution in [1.82, 2.24) is 4.90 Å². The van der Waals surface area contributed by atoms with Crippen LogP contribution in [0.4, 0.5) is 0 Å². The van der Waals surface area contributed by atoms with E-state index in [9.17, 15) is 19.8 Å². The Bertz CT molecular complexity index is 1150. The molecule has 0 saturated carbocycles. The van der Waals surface area contributed by atoms with Crippen LogP contribution >= 0.6 is 34.8 Å². The predicted molar refractivity (Wildman–Crippen MR) is 124 cm³/mol. The first-order valence-electron chi connectivity index (χ1n) is 9.53. The van der Waals surface area contributed by atoms with Crippen molar-refractivity contribution in [2.24, 2.45) is 0 Å². The Kier molecular flexibility index (Phi) is 7.64. The van der Waals surface area contributed by atoms with Gasteiger partial charge in [0, 0.05) is 13.7 Å². The minimum Gasteiger partial charge on any atom is -0.507 e. The van der Waals surface area contributed by atoms with Gasteiger partial charge in [-0.2, -0.15) is 0 Å². The number of Topliss-reactive ketones (excluding diaryl/α,β-unsaturated/α-hetero) is 1. The van der Waals surface area contributed by atoms with Crippen molar-refractivity contribution in [3.05, 3.63) is 56.0 Å². The van der Waals surface area contributed by atoms with Gasteiger partial charge in [0.15, 0.2) is 11.5 Å². The Labute approximate surface area is 204 Å². The summed E-state index contributed by atoms with van der Waals surface area (Å²) in [5.74, 6) is -2.37. The summed E-state index contributed by atoms with van der Waals surface area (Å²) in [4.78, 5) is 27.2. The van der Waals surface area contributed by atoms with Crippen molar-refractivity contribution in [1.29, 1.82) is 0 Å². The summed E-state index contributed by atoms with van der Waals surface area (Å²) in [6.45, 7) is 0.196. The van der Waals surface area contributed by atoms with Crippen LogP contribution in [-0.2, 0) is 14.3 Å². The number of aliphatic hydroxyl groups is 1. The molecule has 8 nitrogen and oxygen atoms in total. The molecule has 1 saturated heterocycles. The van der Waals surface area contributed by atoms with E-state index in [0.717, 1.165) is 0 Å². The van der Waals surface area contributed by atoms with Crippen LogP contribution in [0.1, 0.15) is 17.2 Å². The summed E-state index contributed by atoms with van der Waals surface area (Å²) < 4.78 is 15.6. The Morgan fingerprint density at radius 3 is 2.27 bits per heavy atom. The molecular weight excluding hydrogens is 497 g/mol. The first-order valence-corrected chi connectivity index (χ1v) is 10.7. The molecule has 0 radical (unpaired) electrons. The molecular formula is C22H20Cl3NO7. The summed E-state index contributed by atoms with van der Waals surface area (Å²) in [5.41, 5.74) is 0.153. The predicted octanol–water partition coefficient (Wildman–Crippen LogP) is 4.44. The van der Waals surface area contributed by atoms with E-state index < -0.39 is 23.5 Å². The molecule has 2 N–H and O–H groups in total.